The molecule has 176 valence electrons. The van der Waals surface area contributed by atoms with Crippen LogP contribution in [0.4, 0.5) is 0 Å². The number of carboxylic acids is 1. The van der Waals surface area contributed by atoms with E-state index in [0.717, 1.165) is 5.56 Å². The Balaban J connectivity index is 1.80. The van der Waals surface area contributed by atoms with E-state index in [1.54, 1.807) is 29.4 Å². The van der Waals surface area contributed by atoms with E-state index in [0.29, 0.717) is 39.2 Å². The molecule has 2 aromatic rings. The molecule has 0 fully saturated rings. The van der Waals surface area contributed by atoms with Crippen LogP contribution in [0, 0.1) is 0 Å². The predicted molar refractivity (Wildman–Crippen MR) is 128 cm³/mol. The third kappa shape index (κ3) is 4.51. The van der Waals surface area contributed by atoms with E-state index < -0.39 is 18.0 Å². The summed E-state index contributed by atoms with van der Waals surface area (Å²) in [5.41, 5.74) is 2.82. The highest BCUT2D eigenvalue weighted by Crippen LogP contribution is 2.48. The van der Waals surface area contributed by atoms with Crippen molar-refractivity contribution in [1.82, 2.24) is 4.90 Å². The van der Waals surface area contributed by atoms with E-state index >= 15 is 0 Å². The number of amidine groups is 1. The maximum atomic E-state index is 13.4. The molecule has 9 heteroatoms. The summed E-state index contributed by atoms with van der Waals surface area (Å²) in [7, 11) is 3.06. The normalized spacial score (nSPS) is 17.0. The maximum Gasteiger partial charge on any atom is 0.338 e. The molecule has 0 radical (unpaired) electrons. The molecule has 0 amide bonds. The highest BCUT2D eigenvalue weighted by molar-refractivity contribution is 8.16. The minimum absolute atomic E-state index is 0.0988. The average Bonchev–Trinajstić information content (AvgIpc) is 3.22. The van der Waals surface area contributed by atoms with Crippen LogP contribution in [-0.4, -0.2) is 41.3 Å². The van der Waals surface area contributed by atoms with Gasteiger partial charge in [-0.05, 0) is 24.0 Å². The fraction of sp³-hybridized carbons (Fsp3) is 0.240. The lowest BCUT2D eigenvalue weighted by molar-refractivity contribution is -0.141. The molecule has 0 aromatic heterocycles. The van der Waals surface area contributed by atoms with Crippen molar-refractivity contribution in [3.63, 3.8) is 0 Å². The van der Waals surface area contributed by atoms with Crippen molar-refractivity contribution >= 4 is 28.9 Å². The second kappa shape index (κ2) is 10.0. The Morgan fingerprint density at radius 1 is 1.09 bits per heavy atom. The standard InChI is InChI=1S/C25H24N2O6S/c1-15-21(24(30)33-13-16-8-5-4-6-9-16)22(18-10-7-11-19(31-2)23(18)32-3)27-17(12-20(28)29)14-34-25(27)26-15/h4-11,14,22H,12-13H2,1-3H3,(H,28,29). The van der Waals surface area contributed by atoms with E-state index in [-0.39, 0.29) is 13.0 Å². The largest absolute Gasteiger partial charge is 0.493 e. The molecule has 34 heavy (non-hydrogen) atoms. The number of fused-ring (bicyclic) bond motifs is 1. The molecule has 2 aliphatic rings. The Bertz CT molecular complexity index is 1210. The molecule has 4 rings (SSSR count). The average molecular weight is 481 g/mol. The molecule has 0 saturated carbocycles. The van der Waals surface area contributed by atoms with Crippen LogP contribution in [0.15, 0.2) is 75.9 Å². The van der Waals surface area contributed by atoms with Crippen molar-refractivity contribution in [2.45, 2.75) is 26.0 Å². The number of carbonyl (C=O) groups is 2. The summed E-state index contributed by atoms with van der Waals surface area (Å²) in [4.78, 5) is 31.4. The van der Waals surface area contributed by atoms with Crippen molar-refractivity contribution in [2.75, 3.05) is 14.2 Å². The predicted octanol–water partition coefficient (Wildman–Crippen LogP) is 4.50. The van der Waals surface area contributed by atoms with Gasteiger partial charge in [-0.2, -0.15) is 0 Å². The van der Waals surface area contributed by atoms with Gasteiger partial charge in [0.15, 0.2) is 16.7 Å². The Morgan fingerprint density at radius 3 is 2.53 bits per heavy atom. The highest BCUT2D eigenvalue weighted by atomic mass is 32.2. The van der Waals surface area contributed by atoms with Gasteiger partial charge >= 0.3 is 11.9 Å². The van der Waals surface area contributed by atoms with Gasteiger partial charge in [-0.15, -0.1) is 0 Å². The summed E-state index contributed by atoms with van der Waals surface area (Å²) in [6, 6.07) is 14.1. The van der Waals surface area contributed by atoms with E-state index in [2.05, 4.69) is 4.99 Å². The topological polar surface area (TPSA) is 97.7 Å². The smallest absolute Gasteiger partial charge is 0.338 e. The van der Waals surface area contributed by atoms with Crippen molar-refractivity contribution in [2.24, 2.45) is 4.99 Å². The van der Waals surface area contributed by atoms with Gasteiger partial charge < -0.3 is 24.2 Å². The zero-order chi connectivity index (χ0) is 24.2. The molecule has 2 aromatic carbocycles. The lowest BCUT2D eigenvalue weighted by Crippen LogP contribution is -2.37. The van der Waals surface area contributed by atoms with Crippen LogP contribution < -0.4 is 9.47 Å². The van der Waals surface area contributed by atoms with Crippen LogP contribution in [0.25, 0.3) is 0 Å². The summed E-state index contributed by atoms with van der Waals surface area (Å²) in [6.45, 7) is 1.85. The summed E-state index contributed by atoms with van der Waals surface area (Å²) < 4.78 is 16.8. The zero-order valence-corrected chi connectivity index (χ0v) is 19.8. The second-order valence-corrected chi connectivity index (χ2v) is 8.44. The van der Waals surface area contributed by atoms with Gasteiger partial charge in [0.05, 0.1) is 38.0 Å². The van der Waals surface area contributed by atoms with Crippen LogP contribution in [-0.2, 0) is 20.9 Å². The van der Waals surface area contributed by atoms with Crippen LogP contribution in [0.5, 0.6) is 11.5 Å². The van der Waals surface area contributed by atoms with Crippen molar-refractivity contribution in [3.05, 3.63) is 82.0 Å². The first-order valence-electron chi connectivity index (χ1n) is 10.5. The number of aliphatic imine (C=N–C) groups is 1. The molecule has 0 spiro atoms. The first-order valence-corrected chi connectivity index (χ1v) is 11.4. The number of ether oxygens (including phenoxy) is 3. The number of carbonyl (C=O) groups excluding carboxylic acids is 1. The number of aliphatic carboxylic acids is 1. The van der Waals surface area contributed by atoms with Gasteiger partial charge in [0.2, 0.25) is 0 Å². The molecule has 1 unspecified atom stereocenters. The Kier molecular flexibility index (Phi) is 6.93. The number of carboxylic acid groups (broad SMARTS) is 1. The molecular weight excluding hydrogens is 456 g/mol. The molecule has 1 atom stereocenters. The van der Waals surface area contributed by atoms with Crippen LogP contribution in [0.3, 0.4) is 0 Å². The number of hydrogen-bond donors (Lipinski definition) is 1. The molecule has 8 nitrogen and oxygen atoms in total. The Labute approximate surface area is 201 Å². The minimum Gasteiger partial charge on any atom is -0.493 e. The number of thioether (sulfide) groups is 1. The van der Waals surface area contributed by atoms with Crippen molar-refractivity contribution in [3.8, 4) is 11.5 Å². The van der Waals surface area contributed by atoms with E-state index in [9.17, 15) is 14.7 Å². The molecule has 2 aliphatic heterocycles. The van der Waals surface area contributed by atoms with Gasteiger partial charge in [-0.25, -0.2) is 9.79 Å². The molecular formula is C25H24N2O6S. The van der Waals surface area contributed by atoms with Gasteiger partial charge in [0.25, 0.3) is 0 Å². The summed E-state index contributed by atoms with van der Waals surface area (Å²) in [5.74, 6) is -0.576. The number of nitrogens with zero attached hydrogens (tertiary/aromatic N) is 2. The number of benzene rings is 2. The van der Waals surface area contributed by atoms with Crippen LogP contribution >= 0.6 is 11.8 Å². The number of methoxy groups -OCH3 is 2. The molecule has 0 bridgehead atoms. The van der Waals surface area contributed by atoms with E-state index in [1.165, 1.54) is 26.0 Å². The number of para-hydroxylation sites is 1. The summed E-state index contributed by atoms with van der Waals surface area (Å²) in [6.07, 6.45) is -0.222. The Morgan fingerprint density at radius 2 is 1.85 bits per heavy atom. The molecule has 1 N–H and O–H groups in total. The number of rotatable bonds is 8. The van der Waals surface area contributed by atoms with Crippen molar-refractivity contribution in [1.29, 1.82) is 0 Å². The van der Waals surface area contributed by atoms with Gasteiger partial charge in [0.1, 0.15) is 6.61 Å². The van der Waals surface area contributed by atoms with Gasteiger partial charge in [-0.3, -0.25) is 4.79 Å². The summed E-state index contributed by atoms with van der Waals surface area (Å²) >= 11 is 1.32. The van der Waals surface area contributed by atoms with E-state index in [1.807, 2.05) is 36.4 Å². The van der Waals surface area contributed by atoms with Crippen molar-refractivity contribution < 1.29 is 28.9 Å². The zero-order valence-electron chi connectivity index (χ0n) is 19.0. The molecule has 0 saturated heterocycles. The maximum absolute atomic E-state index is 13.4. The highest BCUT2D eigenvalue weighted by Gasteiger charge is 2.42. The first-order chi connectivity index (χ1) is 16.4. The quantitative estimate of drug-likeness (QED) is 0.552. The lowest BCUT2D eigenvalue weighted by atomic mass is 9.92. The third-order valence-electron chi connectivity index (χ3n) is 5.49. The van der Waals surface area contributed by atoms with Gasteiger partial charge in [0, 0.05) is 11.3 Å². The fourth-order valence-corrected chi connectivity index (χ4v) is 4.97. The number of esters is 1. The van der Waals surface area contributed by atoms with Crippen LogP contribution in [0.2, 0.25) is 0 Å². The monoisotopic (exact) mass is 480 g/mol. The molecule has 0 aliphatic carbocycles. The number of hydrogen-bond acceptors (Lipinski definition) is 8. The minimum atomic E-state index is -0.982. The van der Waals surface area contributed by atoms with E-state index in [4.69, 9.17) is 14.2 Å². The summed E-state index contributed by atoms with van der Waals surface area (Å²) in [5, 5.41) is 11.8. The SMILES string of the molecule is COc1cccc(C2C(C(=O)OCc3ccccc3)=C(C)N=C3SC=C(CC(=O)O)N32)c1OC. The van der Waals surface area contributed by atoms with Crippen LogP contribution in [0.1, 0.15) is 30.5 Å². The van der Waals surface area contributed by atoms with Gasteiger partial charge in [-0.1, -0.05) is 54.2 Å². The second-order valence-electron chi connectivity index (χ2n) is 7.61. The number of allylic oxidation sites excluding steroid dienone is 1. The third-order valence-corrected chi connectivity index (χ3v) is 6.38. The Hall–Kier alpha value is -3.72. The fourth-order valence-electron chi connectivity index (χ4n) is 4.01. The first kappa shape index (κ1) is 23.4. The lowest BCUT2D eigenvalue weighted by Gasteiger charge is -2.36. The molecule has 2 heterocycles.